The van der Waals surface area contributed by atoms with Gasteiger partial charge < -0.3 is 4.74 Å². The summed E-state index contributed by atoms with van der Waals surface area (Å²) in [5.41, 5.74) is -1.02. The molecule has 1 fully saturated rings. The summed E-state index contributed by atoms with van der Waals surface area (Å²) in [6, 6.07) is 0. The molecule has 1 heterocycles. The van der Waals surface area contributed by atoms with Crippen LogP contribution >= 0.6 is 0 Å². The SMILES string of the molecule is CCC(C)(C)CC(C)(C(=O)N1C(=O)CC1OC(C)=O)C(C)(C)CC. The highest BCUT2D eigenvalue weighted by molar-refractivity contribution is 6.02. The predicted octanol–water partition coefficient (Wildman–Crippen LogP) is 3.90. The summed E-state index contributed by atoms with van der Waals surface area (Å²) < 4.78 is 5.13. The van der Waals surface area contributed by atoms with Crippen LogP contribution in [0.25, 0.3) is 0 Å². The van der Waals surface area contributed by atoms with Crippen molar-refractivity contribution in [3.05, 3.63) is 0 Å². The van der Waals surface area contributed by atoms with Crippen LogP contribution in [0, 0.1) is 16.2 Å². The molecule has 0 bridgehead atoms. The molecule has 0 aromatic rings. The van der Waals surface area contributed by atoms with Crippen molar-refractivity contribution in [2.45, 2.75) is 87.3 Å². The van der Waals surface area contributed by atoms with E-state index in [4.69, 9.17) is 4.74 Å². The van der Waals surface area contributed by atoms with Crippen molar-refractivity contribution < 1.29 is 19.1 Å². The van der Waals surface area contributed by atoms with Gasteiger partial charge >= 0.3 is 5.97 Å². The molecule has 1 aliphatic rings. The second-order valence-corrected chi connectivity index (χ2v) is 8.60. The number of amides is 2. The van der Waals surface area contributed by atoms with Gasteiger partial charge in [-0.15, -0.1) is 0 Å². The highest BCUT2D eigenvalue weighted by atomic mass is 16.6. The van der Waals surface area contributed by atoms with Crippen molar-refractivity contribution in [1.29, 1.82) is 0 Å². The van der Waals surface area contributed by atoms with Crippen molar-refractivity contribution in [2.24, 2.45) is 16.2 Å². The van der Waals surface area contributed by atoms with E-state index in [-0.39, 0.29) is 29.1 Å². The lowest BCUT2D eigenvalue weighted by Crippen LogP contribution is -2.63. The third-order valence-corrected chi connectivity index (χ3v) is 6.07. The quantitative estimate of drug-likeness (QED) is 0.521. The van der Waals surface area contributed by atoms with Gasteiger partial charge in [-0.3, -0.25) is 14.4 Å². The van der Waals surface area contributed by atoms with Gasteiger partial charge in [0, 0.05) is 6.92 Å². The molecule has 1 aliphatic heterocycles. The van der Waals surface area contributed by atoms with E-state index in [2.05, 4.69) is 41.5 Å². The molecule has 0 aliphatic carbocycles. The van der Waals surface area contributed by atoms with Crippen LogP contribution in [0.4, 0.5) is 0 Å². The molecule has 138 valence electrons. The fourth-order valence-corrected chi connectivity index (χ4v) is 3.26. The molecule has 0 aromatic heterocycles. The van der Waals surface area contributed by atoms with E-state index in [1.54, 1.807) is 0 Å². The van der Waals surface area contributed by atoms with Crippen molar-refractivity contribution in [2.75, 3.05) is 0 Å². The van der Waals surface area contributed by atoms with Crippen LogP contribution in [-0.2, 0) is 19.1 Å². The average Bonchev–Trinajstić information content (AvgIpc) is 2.45. The van der Waals surface area contributed by atoms with Gasteiger partial charge in [0.05, 0.1) is 11.8 Å². The summed E-state index contributed by atoms with van der Waals surface area (Å²) >= 11 is 0. The van der Waals surface area contributed by atoms with Crippen molar-refractivity contribution >= 4 is 17.8 Å². The Morgan fingerprint density at radius 1 is 1.12 bits per heavy atom. The van der Waals surface area contributed by atoms with E-state index in [1.807, 2.05) is 6.92 Å². The zero-order chi connectivity index (χ0) is 18.9. The van der Waals surface area contributed by atoms with Crippen LogP contribution < -0.4 is 0 Å². The Hall–Kier alpha value is -1.39. The minimum atomic E-state index is -0.751. The number of esters is 1. The Kier molecular flexibility index (Phi) is 5.89. The Balaban J connectivity index is 3.21. The minimum Gasteiger partial charge on any atom is -0.441 e. The fraction of sp³-hybridized carbons (Fsp3) is 0.842. The van der Waals surface area contributed by atoms with E-state index in [0.29, 0.717) is 6.42 Å². The molecule has 1 saturated heterocycles. The van der Waals surface area contributed by atoms with Gasteiger partial charge in [0.25, 0.3) is 0 Å². The van der Waals surface area contributed by atoms with Crippen molar-refractivity contribution in [3.8, 4) is 0 Å². The minimum absolute atomic E-state index is 0.0261. The van der Waals surface area contributed by atoms with Gasteiger partial charge in [0.2, 0.25) is 11.8 Å². The van der Waals surface area contributed by atoms with Crippen LogP contribution in [0.1, 0.15) is 81.1 Å². The maximum absolute atomic E-state index is 13.4. The lowest BCUT2D eigenvalue weighted by molar-refractivity contribution is -0.195. The summed E-state index contributed by atoms with van der Waals surface area (Å²) in [6.07, 6.45) is 1.77. The lowest BCUT2D eigenvalue weighted by Gasteiger charge is -2.51. The van der Waals surface area contributed by atoms with Crippen LogP contribution in [0.15, 0.2) is 0 Å². The van der Waals surface area contributed by atoms with Crippen LogP contribution in [0.3, 0.4) is 0 Å². The molecule has 5 heteroatoms. The van der Waals surface area contributed by atoms with Crippen LogP contribution in [-0.4, -0.2) is 28.9 Å². The number of ether oxygens (including phenoxy) is 1. The van der Waals surface area contributed by atoms with Gasteiger partial charge in [0.15, 0.2) is 6.23 Å². The molecule has 2 unspecified atom stereocenters. The smallest absolute Gasteiger partial charge is 0.304 e. The lowest BCUT2D eigenvalue weighted by atomic mass is 9.58. The second kappa shape index (κ2) is 6.85. The normalized spacial score (nSPS) is 21.1. The molecular formula is C19H33NO4. The van der Waals surface area contributed by atoms with Crippen molar-refractivity contribution in [1.82, 2.24) is 4.90 Å². The van der Waals surface area contributed by atoms with Gasteiger partial charge in [-0.05, 0) is 23.7 Å². The summed E-state index contributed by atoms with van der Waals surface area (Å²) in [5.74, 6) is -0.965. The molecule has 1 rings (SSSR count). The molecular weight excluding hydrogens is 306 g/mol. The van der Waals surface area contributed by atoms with Crippen LogP contribution in [0.5, 0.6) is 0 Å². The van der Waals surface area contributed by atoms with Gasteiger partial charge in [0.1, 0.15) is 0 Å². The molecule has 0 radical (unpaired) electrons. The predicted molar refractivity (Wildman–Crippen MR) is 92.9 cm³/mol. The Morgan fingerprint density at radius 2 is 1.67 bits per heavy atom. The monoisotopic (exact) mass is 339 g/mol. The zero-order valence-electron chi connectivity index (χ0n) is 16.5. The third-order valence-electron chi connectivity index (χ3n) is 6.07. The summed E-state index contributed by atoms with van der Waals surface area (Å²) in [7, 11) is 0. The largest absolute Gasteiger partial charge is 0.441 e. The van der Waals surface area contributed by atoms with Crippen molar-refractivity contribution in [3.63, 3.8) is 0 Å². The summed E-state index contributed by atoms with van der Waals surface area (Å²) in [6.45, 7) is 15.8. The molecule has 2 amide bonds. The molecule has 2 atom stereocenters. The molecule has 5 nitrogen and oxygen atoms in total. The molecule has 0 saturated carbocycles. The average molecular weight is 339 g/mol. The van der Waals surface area contributed by atoms with E-state index in [1.165, 1.54) is 6.92 Å². The maximum atomic E-state index is 13.4. The first-order chi connectivity index (χ1) is 10.8. The number of carbonyl (C=O) groups is 3. The number of hydrogen-bond acceptors (Lipinski definition) is 4. The standard InChI is InChI=1S/C19H33NO4/c1-9-17(4,5)12-19(8,18(6,7)10-2)16(23)20-14(22)11-15(20)24-13(3)21/h15H,9-12H2,1-8H3. The molecule has 0 spiro atoms. The third kappa shape index (κ3) is 3.81. The highest BCUT2D eigenvalue weighted by Crippen LogP contribution is 2.51. The number of likely N-dealkylation sites (tertiary alicyclic amines) is 1. The van der Waals surface area contributed by atoms with Gasteiger partial charge in [-0.25, -0.2) is 4.90 Å². The molecule has 24 heavy (non-hydrogen) atoms. The summed E-state index contributed by atoms with van der Waals surface area (Å²) in [4.78, 5) is 37.8. The van der Waals surface area contributed by atoms with Gasteiger partial charge in [-0.1, -0.05) is 54.9 Å². The first-order valence-corrected chi connectivity index (χ1v) is 8.85. The number of imide groups is 1. The molecule has 0 N–H and O–H groups in total. The maximum Gasteiger partial charge on any atom is 0.304 e. The van der Waals surface area contributed by atoms with E-state index < -0.39 is 17.6 Å². The number of rotatable bonds is 7. The zero-order valence-corrected chi connectivity index (χ0v) is 16.5. The Morgan fingerprint density at radius 3 is 2.04 bits per heavy atom. The number of β-lactam (4-membered cyclic amide) rings is 1. The number of carbonyl (C=O) groups excluding carboxylic acids is 3. The highest BCUT2D eigenvalue weighted by Gasteiger charge is 2.55. The van der Waals surface area contributed by atoms with E-state index >= 15 is 0 Å². The molecule has 0 aromatic carbocycles. The van der Waals surface area contributed by atoms with Crippen LogP contribution in [0.2, 0.25) is 0 Å². The first kappa shape index (κ1) is 20.7. The number of nitrogens with zero attached hydrogens (tertiary/aromatic N) is 1. The second-order valence-electron chi connectivity index (χ2n) is 8.60. The first-order valence-electron chi connectivity index (χ1n) is 8.85. The van der Waals surface area contributed by atoms with Gasteiger partial charge in [-0.2, -0.15) is 0 Å². The fourth-order valence-electron chi connectivity index (χ4n) is 3.26. The Labute approximate surface area is 146 Å². The van der Waals surface area contributed by atoms with E-state index in [0.717, 1.165) is 17.7 Å². The number of hydrogen-bond donors (Lipinski definition) is 0. The topological polar surface area (TPSA) is 63.7 Å². The Bertz CT molecular complexity index is 523. The summed E-state index contributed by atoms with van der Waals surface area (Å²) in [5, 5.41) is 0. The van der Waals surface area contributed by atoms with E-state index in [9.17, 15) is 14.4 Å².